The van der Waals surface area contributed by atoms with Crippen LogP contribution >= 0.6 is 0 Å². The van der Waals surface area contributed by atoms with Crippen molar-refractivity contribution in [2.75, 3.05) is 19.0 Å². The smallest absolute Gasteiger partial charge is 0.274 e. The van der Waals surface area contributed by atoms with E-state index in [1.165, 1.54) is 12.3 Å². The lowest BCUT2D eigenvalue weighted by Gasteiger charge is -2.09. The van der Waals surface area contributed by atoms with Crippen molar-refractivity contribution in [1.29, 1.82) is 0 Å². The number of rotatable bonds is 6. The first-order valence-corrected chi connectivity index (χ1v) is 7.69. The van der Waals surface area contributed by atoms with Crippen LogP contribution in [0.1, 0.15) is 34.7 Å². The SMILES string of the molecule is COc1ccc(NC(=O)c2cc(C(=O)NCC(C)C)ccn2)cc1. The van der Waals surface area contributed by atoms with Gasteiger partial charge in [-0.25, -0.2) is 0 Å². The minimum Gasteiger partial charge on any atom is -0.497 e. The lowest BCUT2D eigenvalue weighted by Crippen LogP contribution is -2.27. The predicted octanol–water partition coefficient (Wildman–Crippen LogP) is 2.73. The number of ether oxygens (including phenoxy) is 1. The van der Waals surface area contributed by atoms with Crippen molar-refractivity contribution in [3.8, 4) is 5.75 Å². The molecule has 1 aromatic carbocycles. The van der Waals surface area contributed by atoms with Gasteiger partial charge in [-0.2, -0.15) is 0 Å². The summed E-state index contributed by atoms with van der Waals surface area (Å²) in [5.41, 5.74) is 1.21. The van der Waals surface area contributed by atoms with Crippen LogP contribution in [0.15, 0.2) is 42.6 Å². The van der Waals surface area contributed by atoms with Crippen LogP contribution in [-0.2, 0) is 0 Å². The molecule has 1 aromatic heterocycles. The molecule has 2 amide bonds. The number of nitrogens with one attached hydrogen (secondary N) is 2. The molecule has 0 atom stereocenters. The molecule has 0 saturated heterocycles. The van der Waals surface area contributed by atoms with Crippen LogP contribution in [0.3, 0.4) is 0 Å². The zero-order valence-corrected chi connectivity index (χ0v) is 14.0. The lowest BCUT2D eigenvalue weighted by molar-refractivity contribution is 0.0949. The number of amides is 2. The molecule has 0 aliphatic carbocycles. The first kappa shape index (κ1) is 17.5. The van der Waals surface area contributed by atoms with Gasteiger partial charge in [0.1, 0.15) is 11.4 Å². The third-order valence-corrected chi connectivity index (χ3v) is 3.27. The largest absolute Gasteiger partial charge is 0.497 e. The normalized spacial score (nSPS) is 10.3. The summed E-state index contributed by atoms with van der Waals surface area (Å²) in [4.78, 5) is 28.4. The van der Waals surface area contributed by atoms with Crippen molar-refractivity contribution in [2.24, 2.45) is 5.92 Å². The molecule has 6 heteroatoms. The Bertz CT molecular complexity index is 712. The summed E-state index contributed by atoms with van der Waals surface area (Å²) < 4.78 is 5.07. The summed E-state index contributed by atoms with van der Waals surface area (Å²) >= 11 is 0. The quantitative estimate of drug-likeness (QED) is 0.855. The summed E-state index contributed by atoms with van der Waals surface area (Å²) in [5.74, 6) is 0.465. The van der Waals surface area contributed by atoms with Crippen LogP contribution in [0.4, 0.5) is 5.69 Å². The maximum absolute atomic E-state index is 12.3. The molecule has 0 fully saturated rings. The molecule has 0 radical (unpaired) electrons. The second kappa shape index (κ2) is 8.10. The van der Waals surface area contributed by atoms with E-state index in [2.05, 4.69) is 15.6 Å². The van der Waals surface area contributed by atoms with Crippen LogP contribution in [0.2, 0.25) is 0 Å². The van der Waals surface area contributed by atoms with Gasteiger partial charge < -0.3 is 15.4 Å². The number of pyridine rings is 1. The van der Waals surface area contributed by atoms with Crippen molar-refractivity contribution >= 4 is 17.5 Å². The van der Waals surface area contributed by atoms with Gasteiger partial charge in [-0.15, -0.1) is 0 Å². The minimum absolute atomic E-state index is 0.183. The van der Waals surface area contributed by atoms with Gasteiger partial charge in [-0.3, -0.25) is 14.6 Å². The van der Waals surface area contributed by atoms with Crippen molar-refractivity contribution in [3.05, 3.63) is 53.9 Å². The highest BCUT2D eigenvalue weighted by molar-refractivity contribution is 6.04. The number of anilines is 1. The molecule has 24 heavy (non-hydrogen) atoms. The fourth-order valence-corrected chi connectivity index (χ4v) is 1.96. The number of carbonyl (C=O) groups excluding carboxylic acids is 2. The number of benzene rings is 1. The Morgan fingerprint density at radius 2 is 1.83 bits per heavy atom. The molecule has 1 heterocycles. The number of hydrogen-bond donors (Lipinski definition) is 2. The molecule has 2 N–H and O–H groups in total. The maximum Gasteiger partial charge on any atom is 0.274 e. The molecule has 0 aliphatic heterocycles. The summed E-state index contributed by atoms with van der Waals surface area (Å²) in [6.45, 7) is 4.61. The van der Waals surface area contributed by atoms with Crippen LogP contribution in [0, 0.1) is 5.92 Å². The standard InChI is InChI=1S/C18H21N3O3/c1-12(2)11-20-17(22)13-8-9-19-16(10-13)18(23)21-14-4-6-15(24-3)7-5-14/h4-10,12H,11H2,1-3H3,(H,20,22)(H,21,23). The number of hydrogen-bond acceptors (Lipinski definition) is 4. The zero-order chi connectivity index (χ0) is 17.5. The molecule has 126 valence electrons. The number of nitrogens with zero attached hydrogens (tertiary/aromatic N) is 1. The van der Waals surface area contributed by atoms with Gasteiger partial charge in [0.05, 0.1) is 7.11 Å². The zero-order valence-electron chi connectivity index (χ0n) is 14.0. The van der Waals surface area contributed by atoms with Gasteiger partial charge >= 0.3 is 0 Å². The molecular weight excluding hydrogens is 306 g/mol. The van der Waals surface area contributed by atoms with E-state index in [-0.39, 0.29) is 17.5 Å². The third-order valence-electron chi connectivity index (χ3n) is 3.27. The van der Waals surface area contributed by atoms with Crippen LogP contribution in [-0.4, -0.2) is 30.5 Å². The maximum atomic E-state index is 12.3. The average molecular weight is 327 g/mol. The minimum atomic E-state index is -0.376. The van der Waals surface area contributed by atoms with Crippen molar-refractivity contribution in [1.82, 2.24) is 10.3 Å². The molecule has 2 aromatic rings. The number of methoxy groups -OCH3 is 1. The van der Waals surface area contributed by atoms with E-state index in [1.807, 2.05) is 13.8 Å². The second-order valence-corrected chi connectivity index (χ2v) is 5.72. The first-order valence-electron chi connectivity index (χ1n) is 7.69. The third kappa shape index (κ3) is 4.81. The van der Waals surface area contributed by atoms with E-state index in [4.69, 9.17) is 4.74 Å². The van der Waals surface area contributed by atoms with Gasteiger partial charge in [0.15, 0.2) is 0 Å². The van der Waals surface area contributed by atoms with Crippen molar-refractivity contribution < 1.29 is 14.3 Å². The van der Waals surface area contributed by atoms with Crippen LogP contribution in [0.25, 0.3) is 0 Å². The Labute approximate surface area is 141 Å². The molecule has 0 aliphatic rings. The Morgan fingerprint density at radius 3 is 2.46 bits per heavy atom. The highest BCUT2D eigenvalue weighted by Gasteiger charge is 2.12. The van der Waals surface area contributed by atoms with Gasteiger partial charge in [0, 0.05) is 24.0 Å². The average Bonchev–Trinajstić information content (AvgIpc) is 2.60. The van der Waals surface area contributed by atoms with Crippen molar-refractivity contribution in [3.63, 3.8) is 0 Å². The molecule has 0 bridgehead atoms. The first-order chi connectivity index (χ1) is 11.5. The van der Waals surface area contributed by atoms with Gasteiger partial charge in [0.25, 0.3) is 11.8 Å². The fourth-order valence-electron chi connectivity index (χ4n) is 1.96. The highest BCUT2D eigenvalue weighted by atomic mass is 16.5. The van der Waals surface area contributed by atoms with Gasteiger partial charge in [-0.1, -0.05) is 13.8 Å². The lowest BCUT2D eigenvalue weighted by atomic mass is 10.2. The van der Waals surface area contributed by atoms with E-state index in [1.54, 1.807) is 37.4 Å². The van der Waals surface area contributed by atoms with Gasteiger partial charge in [0.2, 0.25) is 0 Å². The fraction of sp³-hybridized carbons (Fsp3) is 0.278. The summed E-state index contributed by atoms with van der Waals surface area (Å²) in [6.07, 6.45) is 1.45. The van der Waals surface area contributed by atoms with E-state index in [0.717, 1.165) is 0 Å². The topological polar surface area (TPSA) is 80.3 Å². The Morgan fingerprint density at radius 1 is 1.12 bits per heavy atom. The van der Waals surface area contributed by atoms with Crippen molar-refractivity contribution in [2.45, 2.75) is 13.8 Å². The van der Waals surface area contributed by atoms with E-state index < -0.39 is 0 Å². The Balaban J connectivity index is 2.06. The number of carbonyl (C=O) groups is 2. The summed E-state index contributed by atoms with van der Waals surface area (Å²) in [7, 11) is 1.58. The van der Waals surface area contributed by atoms with Crippen LogP contribution in [0.5, 0.6) is 5.75 Å². The molecule has 2 rings (SSSR count). The summed E-state index contributed by atoms with van der Waals surface area (Å²) in [5, 5.41) is 5.55. The van der Waals surface area contributed by atoms with Gasteiger partial charge in [-0.05, 0) is 42.3 Å². The van der Waals surface area contributed by atoms with E-state index in [9.17, 15) is 9.59 Å². The number of aromatic nitrogens is 1. The second-order valence-electron chi connectivity index (χ2n) is 5.72. The Hall–Kier alpha value is -2.89. The summed E-state index contributed by atoms with van der Waals surface area (Å²) in [6, 6.07) is 10.0. The molecule has 6 nitrogen and oxygen atoms in total. The molecule has 0 spiro atoms. The monoisotopic (exact) mass is 327 g/mol. The molecule has 0 unspecified atom stereocenters. The Kier molecular flexibility index (Phi) is 5.89. The van der Waals surface area contributed by atoms with E-state index >= 15 is 0 Å². The van der Waals surface area contributed by atoms with E-state index in [0.29, 0.717) is 29.5 Å². The predicted molar refractivity (Wildman–Crippen MR) is 92.4 cm³/mol. The highest BCUT2D eigenvalue weighted by Crippen LogP contribution is 2.15. The van der Waals surface area contributed by atoms with Crippen LogP contribution < -0.4 is 15.4 Å². The molecule has 0 saturated carbocycles. The molecular formula is C18H21N3O3.